The van der Waals surface area contributed by atoms with Crippen molar-refractivity contribution in [3.63, 3.8) is 0 Å². The maximum atomic E-state index is 5.42. The van der Waals surface area contributed by atoms with Gasteiger partial charge >= 0.3 is 6.01 Å². The first-order valence-electron chi connectivity index (χ1n) is 7.63. The molecule has 0 aromatic carbocycles. The van der Waals surface area contributed by atoms with Gasteiger partial charge in [0.2, 0.25) is 11.9 Å². The first kappa shape index (κ1) is 15.7. The van der Waals surface area contributed by atoms with E-state index in [0.717, 1.165) is 25.9 Å². The van der Waals surface area contributed by atoms with Crippen molar-refractivity contribution in [1.82, 2.24) is 19.9 Å². The second kappa shape index (κ2) is 8.58. The van der Waals surface area contributed by atoms with E-state index in [1.54, 1.807) is 0 Å². The second-order valence-corrected chi connectivity index (χ2v) is 5.09. The maximum absolute atomic E-state index is 5.42. The zero-order chi connectivity index (χ0) is 14.9. The monoisotopic (exact) mass is 295 g/mol. The van der Waals surface area contributed by atoms with Gasteiger partial charge in [0.25, 0.3) is 0 Å². The van der Waals surface area contributed by atoms with Crippen molar-refractivity contribution < 1.29 is 4.74 Å². The summed E-state index contributed by atoms with van der Waals surface area (Å²) in [5, 5.41) is 3.20. The molecule has 0 saturated carbocycles. The van der Waals surface area contributed by atoms with Crippen LogP contribution in [0.25, 0.3) is 0 Å². The Hall–Kier alpha value is -1.67. The molecule has 1 aromatic rings. The number of hydrazine groups is 1. The number of likely N-dealkylation sites (tertiary alicyclic amines) is 1. The molecule has 0 atom stereocenters. The van der Waals surface area contributed by atoms with E-state index >= 15 is 0 Å². The zero-order valence-corrected chi connectivity index (χ0v) is 12.6. The number of anilines is 2. The van der Waals surface area contributed by atoms with E-state index in [0.29, 0.717) is 24.5 Å². The largest absolute Gasteiger partial charge is 0.463 e. The van der Waals surface area contributed by atoms with Gasteiger partial charge in [-0.05, 0) is 45.3 Å². The van der Waals surface area contributed by atoms with Crippen LogP contribution in [0.4, 0.5) is 11.9 Å². The minimum atomic E-state index is 0.293. The molecule has 1 aliphatic rings. The van der Waals surface area contributed by atoms with Crippen molar-refractivity contribution >= 4 is 11.9 Å². The highest BCUT2D eigenvalue weighted by Crippen LogP contribution is 2.11. The smallest absolute Gasteiger partial charge is 0.323 e. The Bertz CT molecular complexity index is 423. The number of ether oxygens (including phenoxy) is 1. The van der Waals surface area contributed by atoms with Crippen molar-refractivity contribution in [2.45, 2.75) is 32.6 Å². The van der Waals surface area contributed by atoms with Crippen LogP contribution in [0.5, 0.6) is 6.01 Å². The van der Waals surface area contributed by atoms with Crippen LogP contribution < -0.4 is 21.3 Å². The number of nitrogens with one attached hydrogen (secondary N) is 2. The number of hydrogen-bond acceptors (Lipinski definition) is 8. The van der Waals surface area contributed by atoms with Gasteiger partial charge in [0.15, 0.2) is 0 Å². The van der Waals surface area contributed by atoms with Gasteiger partial charge in [-0.3, -0.25) is 5.43 Å². The van der Waals surface area contributed by atoms with E-state index in [9.17, 15) is 0 Å². The molecule has 0 amide bonds. The van der Waals surface area contributed by atoms with Gasteiger partial charge in [-0.2, -0.15) is 15.0 Å². The van der Waals surface area contributed by atoms with Crippen LogP contribution in [0.15, 0.2) is 0 Å². The molecule has 0 bridgehead atoms. The lowest BCUT2D eigenvalue weighted by Gasteiger charge is -2.14. The average molecular weight is 295 g/mol. The van der Waals surface area contributed by atoms with Gasteiger partial charge < -0.3 is 15.0 Å². The van der Waals surface area contributed by atoms with Gasteiger partial charge in [0.05, 0.1) is 6.61 Å². The number of hydrogen-bond donors (Lipinski definition) is 3. The van der Waals surface area contributed by atoms with Gasteiger partial charge in [-0.1, -0.05) is 6.92 Å². The standard InChI is InChI=1S/C13H25N7O/c1-2-10-21-13-17-11(16-12(18-13)19-14)15-6-5-9-20-7-3-4-8-20/h2-10,14H2,1H3,(H2,15,16,17,18,19). The van der Waals surface area contributed by atoms with Gasteiger partial charge in [0, 0.05) is 6.54 Å². The summed E-state index contributed by atoms with van der Waals surface area (Å²) in [4.78, 5) is 14.9. The quantitative estimate of drug-likeness (QED) is 0.350. The number of rotatable bonds is 9. The third kappa shape index (κ3) is 5.31. The van der Waals surface area contributed by atoms with E-state index in [2.05, 4.69) is 30.6 Å². The molecule has 1 aromatic heterocycles. The van der Waals surface area contributed by atoms with Crippen molar-refractivity contribution in [3.8, 4) is 6.01 Å². The van der Waals surface area contributed by atoms with Gasteiger partial charge in [-0.15, -0.1) is 0 Å². The molecule has 0 spiro atoms. The van der Waals surface area contributed by atoms with Crippen LogP contribution in [0.2, 0.25) is 0 Å². The SMILES string of the molecule is CCCOc1nc(NN)nc(NCCCN2CCCC2)n1. The van der Waals surface area contributed by atoms with Gasteiger partial charge in [0.1, 0.15) is 0 Å². The molecule has 118 valence electrons. The summed E-state index contributed by atoms with van der Waals surface area (Å²) < 4.78 is 5.42. The number of nitrogens with two attached hydrogens (primary N) is 1. The third-order valence-corrected chi connectivity index (χ3v) is 3.31. The fraction of sp³-hybridized carbons (Fsp3) is 0.769. The topological polar surface area (TPSA) is 101 Å². The first-order valence-corrected chi connectivity index (χ1v) is 7.63. The third-order valence-electron chi connectivity index (χ3n) is 3.31. The summed E-state index contributed by atoms with van der Waals surface area (Å²) in [7, 11) is 0. The molecule has 0 unspecified atom stereocenters. The summed E-state index contributed by atoms with van der Waals surface area (Å²) in [6.45, 7) is 6.98. The van der Waals surface area contributed by atoms with Gasteiger partial charge in [-0.25, -0.2) is 5.84 Å². The Balaban J connectivity index is 1.80. The van der Waals surface area contributed by atoms with E-state index in [1.807, 2.05) is 6.92 Å². The molecule has 1 aliphatic heterocycles. The van der Waals surface area contributed by atoms with Crippen molar-refractivity contribution in [2.24, 2.45) is 5.84 Å². The normalized spacial score (nSPS) is 15.1. The van der Waals surface area contributed by atoms with Crippen LogP contribution in [0.1, 0.15) is 32.6 Å². The van der Waals surface area contributed by atoms with E-state index in [1.165, 1.54) is 25.9 Å². The lowest BCUT2D eigenvalue weighted by molar-refractivity contribution is 0.292. The number of nitrogens with zero attached hydrogens (tertiary/aromatic N) is 4. The van der Waals surface area contributed by atoms with E-state index in [-0.39, 0.29) is 0 Å². The first-order chi connectivity index (χ1) is 10.3. The highest BCUT2D eigenvalue weighted by atomic mass is 16.5. The molecule has 1 saturated heterocycles. The molecule has 1 fully saturated rings. The minimum absolute atomic E-state index is 0.293. The summed E-state index contributed by atoms with van der Waals surface area (Å²) in [5.74, 6) is 6.16. The Morgan fingerprint density at radius 1 is 1.19 bits per heavy atom. The fourth-order valence-corrected chi connectivity index (χ4v) is 2.27. The van der Waals surface area contributed by atoms with Crippen LogP contribution in [0.3, 0.4) is 0 Å². The molecule has 2 rings (SSSR count). The Morgan fingerprint density at radius 2 is 1.95 bits per heavy atom. The molecule has 0 aliphatic carbocycles. The van der Waals surface area contributed by atoms with Crippen LogP contribution in [0, 0.1) is 0 Å². The lowest BCUT2D eigenvalue weighted by atomic mass is 10.4. The summed E-state index contributed by atoms with van der Waals surface area (Å²) in [5.41, 5.74) is 2.43. The second-order valence-electron chi connectivity index (χ2n) is 5.09. The summed E-state index contributed by atoms with van der Waals surface area (Å²) in [6, 6.07) is 0.293. The Morgan fingerprint density at radius 3 is 2.67 bits per heavy atom. The Labute approximate surface area is 125 Å². The lowest BCUT2D eigenvalue weighted by Crippen LogP contribution is -2.22. The zero-order valence-electron chi connectivity index (χ0n) is 12.6. The maximum Gasteiger partial charge on any atom is 0.323 e. The van der Waals surface area contributed by atoms with Crippen molar-refractivity contribution in [2.75, 3.05) is 43.5 Å². The van der Waals surface area contributed by atoms with E-state index < -0.39 is 0 Å². The highest BCUT2D eigenvalue weighted by Gasteiger charge is 2.11. The molecule has 2 heterocycles. The van der Waals surface area contributed by atoms with Crippen LogP contribution in [-0.4, -0.2) is 52.6 Å². The molecule has 8 heteroatoms. The minimum Gasteiger partial charge on any atom is -0.463 e. The molecule has 21 heavy (non-hydrogen) atoms. The van der Waals surface area contributed by atoms with Crippen molar-refractivity contribution in [3.05, 3.63) is 0 Å². The average Bonchev–Trinajstić information content (AvgIpc) is 3.02. The fourth-order valence-electron chi connectivity index (χ4n) is 2.27. The van der Waals surface area contributed by atoms with Crippen LogP contribution in [-0.2, 0) is 0 Å². The molecule has 8 nitrogen and oxygen atoms in total. The molecular weight excluding hydrogens is 270 g/mol. The summed E-state index contributed by atoms with van der Waals surface area (Å²) >= 11 is 0. The Kier molecular flexibility index (Phi) is 6.42. The van der Waals surface area contributed by atoms with Crippen LogP contribution >= 0.6 is 0 Å². The molecule has 0 radical (unpaired) electrons. The highest BCUT2D eigenvalue weighted by molar-refractivity contribution is 5.34. The number of aromatic nitrogens is 3. The number of nitrogen functional groups attached to an aromatic ring is 1. The summed E-state index contributed by atoms with van der Waals surface area (Å²) in [6.07, 6.45) is 4.60. The van der Waals surface area contributed by atoms with E-state index in [4.69, 9.17) is 10.6 Å². The van der Waals surface area contributed by atoms with Crippen molar-refractivity contribution in [1.29, 1.82) is 0 Å². The molecule has 4 N–H and O–H groups in total. The molecular formula is C13H25N7O. The predicted molar refractivity (Wildman–Crippen MR) is 82.2 cm³/mol. The predicted octanol–water partition coefficient (Wildman–Crippen LogP) is 0.844.